The van der Waals surface area contributed by atoms with Crippen LogP contribution in [0.1, 0.15) is 23.6 Å². The summed E-state index contributed by atoms with van der Waals surface area (Å²) in [5, 5.41) is 17.1. The quantitative estimate of drug-likeness (QED) is 0.768. The molecule has 0 heterocycles. The van der Waals surface area contributed by atoms with Crippen molar-refractivity contribution in [3.63, 3.8) is 0 Å². The lowest BCUT2D eigenvalue weighted by atomic mass is 10.00. The van der Waals surface area contributed by atoms with Crippen LogP contribution in [0.25, 0.3) is 0 Å². The van der Waals surface area contributed by atoms with Crippen LogP contribution in [0, 0.1) is 28.5 Å². The summed E-state index contributed by atoms with van der Waals surface area (Å²) >= 11 is 0. The molecule has 4 heteroatoms. The van der Waals surface area contributed by atoms with Gasteiger partial charge in [-0.2, -0.15) is 10.5 Å². The highest BCUT2D eigenvalue weighted by molar-refractivity contribution is 5.40. The maximum Gasteiger partial charge on any atom is 0.123 e. The molecular formula is C10H8FN3. The van der Waals surface area contributed by atoms with Gasteiger partial charge in [-0.15, -0.1) is 0 Å². The van der Waals surface area contributed by atoms with E-state index in [0.29, 0.717) is 11.1 Å². The van der Waals surface area contributed by atoms with E-state index < -0.39 is 11.9 Å². The zero-order valence-corrected chi connectivity index (χ0v) is 7.37. The molecule has 2 N–H and O–H groups in total. The number of nitriles is 2. The second-order valence-corrected chi connectivity index (χ2v) is 2.81. The summed E-state index contributed by atoms with van der Waals surface area (Å²) in [6, 6.07) is 6.93. The Labute approximate surface area is 81.2 Å². The second kappa shape index (κ2) is 4.36. The Morgan fingerprint density at radius 2 is 2.14 bits per heavy atom. The predicted octanol–water partition coefficient (Wildman–Crippen LogP) is 1.61. The fourth-order valence-corrected chi connectivity index (χ4v) is 1.15. The van der Waals surface area contributed by atoms with Gasteiger partial charge in [-0.3, -0.25) is 0 Å². The van der Waals surface area contributed by atoms with Gasteiger partial charge in [-0.1, -0.05) is 0 Å². The SMILES string of the molecule is N#CC[C@H](N)c1cc(F)ccc1C#N. The summed E-state index contributed by atoms with van der Waals surface area (Å²) in [6.45, 7) is 0. The van der Waals surface area contributed by atoms with E-state index in [0.717, 1.165) is 0 Å². The molecule has 0 radical (unpaired) electrons. The highest BCUT2D eigenvalue weighted by atomic mass is 19.1. The third-order valence-electron chi connectivity index (χ3n) is 1.84. The molecule has 1 aromatic carbocycles. The predicted molar refractivity (Wildman–Crippen MR) is 48.3 cm³/mol. The Kier molecular flexibility index (Phi) is 3.17. The van der Waals surface area contributed by atoms with Crippen molar-refractivity contribution in [3.05, 3.63) is 35.1 Å². The van der Waals surface area contributed by atoms with Crippen LogP contribution in [0.5, 0.6) is 0 Å². The number of hydrogen-bond donors (Lipinski definition) is 1. The first-order chi connectivity index (χ1) is 6.69. The number of hydrogen-bond acceptors (Lipinski definition) is 3. The average Bonchev–Trinajstić information content (AvgIpc) is 2.18. The first kappa shape index (κ1) is 10.2. The standard InChI is InChI=1S/C10H8FN3/c11-8-2-1-7(6-13)9(5-8)10(14)3-4-12/h1-2,5,10H,3,14H2/t10-/m0/s1. The molecule has 0 aliphatic rings. The van der Waals surface area contributed by atoms with Gasteiger partial charge in [0.15, 0.2) is 0 Å². The molecule has 0 unspecified atom stereocenters. The zero-order chi connectivity index (χ0) is 10.6. The number of rotatable bonds is 2. The summed E-state index contributed by atoms with van der Waals surface area (Å²) in [5.74, 6) is -0.451. The molecule has 0 spiro atoms. The molecule has 1 rings (SSSR count). The van der Waals surface area contributed by atoms with Crippen LogP contribution in [0.15, 0.2) is 18.2 Å². The number of nitrogens with zero attached hydrogens (tertiary/aromatic N) is 2. The van der Waals surface area contributed by atoms with Gasteiger partial charge < -0.3 is 5.73 Å². The molecule has 14 heavy (non-hydrogen) atoms. The van der Waals surface area contributed by atoms with Gasteiger partial charge in [0.1, 0.15) is 5.82 Å². The molecule has 0 aliphatic carbocycles. The van der Waals surface area contributed by atoms with Gasteiger partial charge in [0, 0.05) is 6.04 Å². The molecule has 0 fully saturated rings. The van der Waals surface area contributed by atoms with E-state index in [9.17, 15) is 4.39 Å². The summed E-state index contributed by atoms with van der Waals surface area (Å²) < 4.78 is 12.8. The zero-order valence-electron chi connectivity index (χ0n) is 7.37. The third-order valence-corrected chi connectivity index (χ3v) is 1.84. The third kappa shape index (κ3) is 2.07. The van der Waals surface area contributed by atoms with E-state index in [1.807, 2.05) is 12.1 Å². The number of benzene rings is 1. The monoisotopic (exact) mass is 189 g/mol. The van der Waals surface area contributed by atoms with Crippen molar-refractivity contribution >= 4 is 0 Å². The summed E-state index contributed by atoms with van der Waals surface area (Å²) in [6.07, 6.45) is 0.0676. The Balaban J connectivity index is 3.13. The highest BCUT2D eigenvalue weighted by Gasteiger charge is 2.11. The van der Waals surface area contributed by atoms with Gasteiger partial charge in [0.05, 0.1) is 24.1 Å². The fraction of sp³-hybridized carbons (Fsp3) is 0.200. The van der Waals surface area contributed by atoms with Crippen LogP contribution in [0.2, 0.25) is 0 Å². The Hall–Kier alpha value is -1.91. The first-order valence-corrected chi connectivity index (χ1v) is 4.01. The molecule has 0 aliphatic heterocycles. The molecule has 70 valence electrons. The van der Waals surface area contributed by atoms with Crippen molar-refractivity contribution in [2.45, 2.75) is 12.5 Å². The summed E-state index contributed by atoms with van der Waals surface area (Å²) in [7, 11) is 0. The number of nitrogens with two attached hydrogens (primary N) is 1. The minimum Gasteiger partial charge on any atom is -0.323 e. The summed E-state index contributed by atoms with van der Waals surface area (Å²) in [4.78, 5) is 0. The molecule has 1 atom stereocenters. The molecule has 1 aromatic rings. The van der Waals surface area contributed by atoms with Crippen LogP contribution in [0.3, 0.4) is 0 Å². The highest BCUT2D eigenvalue weighted by Crippen LogP contribution is 2.19. The van der Waals surface area contributed by atoms with Crippen molar-refractivity contribution in [2.24, 2.45) is 5.73 Å². The summed E-state index contributed by atoms with van der Waals surface area (Å²) in [5.41, 5.74) is 6.31. The Morgan fingerprint density at radius 1 is 1.43 bits per heavy atom. The van der Waals surface area contributed by atoms with Crippen LogP contribution >= 0.6 is 0 Å². The van der Waals surface area contributed by atoms with E-state index >= 15 is 0 Å². The smallest absolute Gasteiger partial charge is 0.123 e. The lowest BCUT2D eigenvalue weighted by Gasteiger charge is -2.09. The second-order valence-electron chi connectivity index (χ2n) is 2.81. The molecule has 3 nitrogen and oxygen atoms in total. The average molecular weight is 189 g/mol. The first-order valence-electron chi connectivity index (χ1n) is 4.01. The van der Waals surface area contributed by atoms with Crippen LogP contribution < -0.4 is 5.73 Å². The van der Waals surface area contributed by atoms with Crippen molar-refractivity contribution in [2.75, 3.05) is 0 Å². The fourth-order valence-electron chi connectivity index (χ4n) is 1.15. The van der Waals surface area contributed by atoms with E-state index in [1.165, 1.54) is 18.2 Å². The molecule has 0 aromatic heterocycles. The van der Waals surface area contributed by atoms with Gasteiger partial charge >= 0.3 is 0 Å². The van der Waals surface area contributed by atoms with E-state index in [-0.39, 0.29) is 6.42 Å². The molecule has 0 bridgehead atoms. The van der Waals surface area contributed by atoms with Crippen LogP contribution in [0.4, 0.5) is 4.39 Å². The van der Waals surface area contributed by atoms with Crippen LogP contribution in [-0.4, -0.2) is 0 Å². The maximum atomic E-state index is 12.8. The lowest BCUT2D eigenvalue weighted by Crippen LogP contribution is -2.11. The van der Waals surface area contributed by atoms with Crippen molar-refractivity contribution in [3.8, 4) is 12.1 Å². The normalized spacial score (nSPS) is 11.4. The molecule has 0 saturated heterocycles. The largest absolute Gasteiger partial charge is 0.323 e. The Morgan fingerprint density at radius 3 is 2.71 bits per heavy atom. The number of halogens is 1. The minimum absolute atomic E-state index is 0.0676. The van der Waals surface area contributed by atoms with Gasteiger partial charge in [0.2, 0.25) is 0 Å². The van der Waals surface area contributed by atoms with Gasteiger partial charge in [0.25, 0.3) is 0 Å². The van der Waals surface area contributed by atoms with Crippen LogP contribution in [-0.2, 0) is 0 Å². The van der Waals surface area contributed by atoms with Gasteiger partial charge in [-0.05, 0) is 23.8 Å². The lowest BCUT2D eigenvalue weighted by molar-refractivity contribution is 0.619. The van der Waals surface area contributed by atoms with Crippen molar-refractivity contribution in [1.29, 1.82) is 10.5 Å². The minimum atomic E-state index is -0.606. The van der Waals surface area contributed by atoms with E-state index in [2.05, 4.69) is 0 Å². The van der Waals surface area contributed by atoms with Crippen molar-refractivity contribution < 1.29 is 4.39 Å². The topological polar surface area (TPSA) is 73.6 Å². The molecule has 0 saturated carbocycles. The molecular weight excluding hydrogens is 181 g/mol. The maximum absolute atomic E-state index is 12.8. The van der Waals surface area contributed by atoms with E-state index in [1.54, 1.807) is 0 Å². The van der Waals surface area contributed by atoms with Gasteiger partial charge in [-0.25, -0.2) is 4.39 Å². The molecule has 0 amide bonds. The Bertz CT molecular complexity index is 414. The van der Waals surface area contributed by atoms with E-state index in [4.69, 9.17) is 16.3 Å². The van der Waals surface area contributed by atoms with Crippen molar-refractivity contribution in [1.82, 2.24) is 0 Å².